The van der Waals surface area contributed by atoms with Crippen LogP contribution in [0.5, 0.6) is 0 Å². The van der Waals surface area contributed by atoms with Gasteiger partial charge in [-0.05, 0) is 30.3 Å². The van der Waals surface area contributed by atoms with Crippen LogP contribution in [0.4, 0.5) is 4.39 Å². The van der Waals surface area contributed by atoms with E-state index in [1.807, 2.05) is 0 Å². The maximum Gasteiger partial charge on any atom is 0.123 e. The molecular weight excluding hydrogens is 251 g/mol. The fraction of sp³-hybridized carbons (Fsp3) is 0.571. The molecule has 0 atom stereocenters. The van der Waals surface area contributed by atoms with Gasteiger partial charge in [0.2, 0.25) is 0 Å². The molecule has 0 saturated carbocycles. The van der Waals surface area contributed by atoms with Gasteiger partial charge in [-0.1, -0.05) is 32.4 Å². The van der Waals surface area contributed by atoms with Crippen molar-refractivity contribution in [1.82, 2.24) is 10.2 Å². The molecule has 1 N–H and O–H groups in total. The van der Waals surface area contributed by atoms with Crippen molar-refractivity contribution in [2.45, 2.75) is 33.4 Å². The van der Waals surface area contributed by atoms with Gasteiger partial charge in [0.15, 0.2) is 0 Å². The quantitative estimate of drug-likeness (QED) is 0.819. The van der Waals surface area contributed by atoms with Crippen LogP contribution in [-0.2, 0) is 6.54 Å². The maximum atomic E-state index is 13.2. The van der Waals surface area contributed by atoms with Gasteiger partial charge in [0.1, 0.15) is 5.82 Å². The first-order valence-electron chi connectivity index (χ1n) is 6.42. The maximum absolute atomic E-state index is 13.2. The van der Waals surface area contributed by atoms with E-state index in [1.165, 1.54) is 12.1 Å². The van der Waals surface area contributed by atoms with Crippen molar-refractivity contribution < 1.29 is 4.39 Å². The molecule has 0 bridgehead atoms. The first-order chi connectivity index (χ1) is 8.52. The number of rotatable bonds is 7. The zero-order valence-corrected chi connectivity index (χ0v) is 12.1. The van der Waals surface area contributed by atoms with Gasteiger partial charge >= 0.3 is 0 Å². The third-order valence-electron chi connectivity index (χ3n) is 2.83. The van der Waals surface area contributed by atoms with E-state index in [9.17, 15) is 4.39 Å². The summed E-state index contributed by atoms with van der Waals surface area (Å²) in [6, 6.07) is 5.01. The monoisotopic (exact) mass is 272 g/mol. The summed E-state index contributed by atoms with van der Waals surface area (Å²) in [5.74, 6) is -0.231. The first kappa shape index (κ1) is 15.4. The highest BCUT2D eigenvalue weighted by molar-refractivity contribution is 6.31. The molecule has 102 valence electrons. The predicted octanol–water partition coefficient (Wildman–Crippen LogP) is 3.30. The molecule has 0 radical (unpaired) electrons. The molecule has 0 saturated heterocycles. The van der Waals surface area contributed by atoms with E-state index < -0.39 is 0 Å². The summed E-state index contributed by atoms with van der Waals surface area (Å²) in [5, 5.41) is 4.00. The number of nitrogens with one attached hydrogen (secondary N) is 1. The Kier molecular flexibility index (Phi) is 6.61. The number of hydrogen-bond acceptors (Lipinski definition) is 2. The molecule has 0 aromatic heterocycles. The van der Waals surface area contributed by atoms with Crippen molar-refractivity contribution in [1.29, 1.82) is 0 Å². The number of benzene rings is 1. The van der Waals surface area contributed by atoms with Crippen LogP contribution in [0.3, 0.4) is 0 Å². The van der Waals surface area contributed by atoms with Crippen LogP contribution in [0.25, 0.3) is 0 Å². The largest absolute Gasteiger partial charge is 0.313 e. The number of hydrogen-bond donors (Lipinski definition) is 1. The van der Waals surface area contributed by atoms with Crippen LogP contribution in [0.2, 0.25) is 5.02 Å². The molecule has 0 aliphatic carbocycles. The number of likely N-dealkylation sites (N-methyl/N-ethyl adjacent to an activating group) is 1. The summed E-state index contributed by atoms with van der Waals surface area (Å²) in [4.78, 5) is 2.25. The van der Waals surface area contributed by atoms with Crippen molar-refractivity contribution in [3.8, 4) is 0 Å². The molecule has 0 unspecified atom stereocenters. The summed E-state index contributed by atoms with van der Waals surface area (Å²) in [7, 11) is 0. The molecule has 2 nitrogen and oxygen atoms in total. The Balaban J connectivity index is 2.54. The Morgan fingerprint density at radius 2 is 2.11 bits per heavy atom. The van der Waals surface area contributed by atoms with Gasteiger partial charge in [0.05, 0.1) is 0 Å². The second-order valence-electron chi connectivity index (χ2n) is 4.71. The van der Waals surface area contributed by atoms with Crippen molar-refractivity contribution in [2.75, 3.05) is 19.6 Å². The molecule has 4 heteroatoms. The van der Waals surface area contributed by atoms with Crippen molar-refractivity contribution in [3.05, 3.63) is 34.6 Å². The Hall–Kier alpha value is -0.640. The van der Waals surface area contributed by atoms with Gasteiger partial charge in [-0.25, -0.2) is 4.39 Å². The minimum Gasteiger partial charge on any atom is -0.313 e. The van der Waals surface area contributed by atoms with E-state index in [-0.39, 0.29) is 5.82 Å². The van der Waals surface area contributed by atoms with Crippen LogP contribution in [-0.4, -0.2) is 30.6 Å². The average molecular weight is 273 g/mol. The molecule has 0 heterocycles. The lowest BCUT2D eigenvalue weighted by molar-refractivity contribution is 0.276. The van der Waals surface area contributed by atoms with Crippen LogP contribution in [0, 0.1) is 5.82 Å². The summed E-state index contributed by atoms with van der Waals surface area (Å²) in [5.41, 5.74) is 0.850. The molecule has 1 rings (SSSR count). The zero-order chi connectivity index (χ0) is 13.5. The van der Waals surface area contributed by atoms with Gasteiger partial charge in [-0.15, -0.1) is 0 Å². The molecule has 0 aliphatic rings. The smallest absolute Gasteiger partial charge is 0.123 e. The Morgan fingerprint density at radius 1 is 1.39 bits per heavy atom. The zero-order valence-electron chi connectivity index (χ0n) is 11.3. The summed E-state index contributed by atoms with van der Waals surface area (Å²) in [6.45, 7) is 9.82. The average Bonchev–Trinajstić information content (AvgIpc) is 2.32. The second-order valence-corrected chi connectivity index (χ2v) is 5.12. The lowest BCUT2D eigenvalue weighted by atomic mass is 10.2. The van der Waals surface area contributed by atoms with Gasteiger partial charge in [0, 0.05) is 30.7 Å². The van der Waals surface area contributed by atoms with Gasteiger partial charge in [-0.2, -0.15) is 0 Å². The fourth-order valence-corrected chi connectivity index (χ4v) is 1.94. The summed E-state index contributed by atoms with van der Waals surface area (Å²) < 4.78 is 13.2. The fourth-order valence-electron chi connectivity index (χ4n) is 1.77. The molecule has 18 heavy (non-hydrogen) atoms. The predicted molar refractivity (Wildman–Crippen MR) is 75.5 cm³/mol. The van der Waals surface area contributed by atoms with Crippen LogP contribution in [0.15, 0.2) is 18.2 Å². The van der Waals surface area contributed by atoms with Gasteiger partial charge in [-0.3, -0.25) is 4.90 Å². The summed E-state index contributed by atoms with van der Waals surface area (Å²) >= 11 is 6.07. The molecule has 1 aromatic carbocycles. The Labute approximate surface area is 114 Å². The highest BCUT2D eigenvalue weighted by Gasteiger charge is 2.08. The highest BCUT2D eigenvalue weighted by Crippen LogP contribution is 2.18. The Bertz CT molecular complexity index is 369. The Morgan fingerprint density at radius 3 is 2.72 bits per heavy atom. The van der Waals surface area contributed by atoms with Crippen molar-refractivity contribution in [2.24, 2.45) is 0 Å². The van der Waals surface area contributed by atoms with E-state index in [4.69, 9.17) is 11.6 Å². The van der Waals surface area contributed by atoms with Gasteiger partial charge < -0.3 is 5.32 Å². The van der Waals surface area contributed by atoms with E-state index in [1.54, 1.807) is 6.07 Å². The van der Waals surface area contributed by atoms with Crippen molar-refractivity contribution in [3.63, 3.8) is 0 Å². The summed E-state index contributed by atoms with van der Waals surface area (Å²) in [6.07, 6.45) is 0. The molecule has 0 fully saturated rings. The third-order valence-corrected chi connectivity index (χ3v) is 3.20. The van der Waals surface area contributed by atoms with E-state index in [0.717, 1.165) is 25.2 Å². The lowest BCUT2D eigenvalue weighted by Crippen LogP contribution is -2.34. The third kappa shape index (κ3) is 5.34. The molecule has 0 aliphatic heterocycles. The van der Waals surface area contributed by atoms with Gasteiger partial charge in [0.25, 0.3) is 0 Å². The van der Waals surface area contributed by atoms with Crippen LogP contribution < -0.4 is 5.32 Å². The SMILES string of the molecule is CCN(CCNC(C)C)Cc1cc(F)ccc1Cl. The van der Waals surface area contributed by atoms with Crippen molar-refractivity contribution >= 4 is 11.6 Å². The normalized spacial score (nSPS) is 11.5. The number of halogens is 2. The molecule has 1 aromatic rings. The molecular formula is C14H22ClFN2. The van der Waals surface area contributed by atoms with E-state index in [0.29, 0.717) is 17.6 Å². The standard InChI is InChI=1S/C14H22ClFN2/c1-4-18(8-7-17-11(2)3)10-12-9-13(16)5-6-14(12)15/h5-6,9,11,17H,4,7-8,10H2,1-3H3. The topological polar surface area (TPSA) is 15.3 Å². The second kappa shape index (κ2) is 7.72. The molecule has 0 spiro atoms. The van der Waals surface area contributed by atoms with Crippen LogP contribution >= 0.6 is 11.6 Å². The lowest BCUT2D eigenvalue weighted by Gasteiger charge is -2.22. The van der Waals surface area contributed by atoms with E-state index in [2.05, 4.69) is 31.0 Å². The van der Waals surface area contributed by atoms with Crippen LogP contribution in [0.1, 0.15) is 26.3 Å². The number of nitrogens with zero attached hydrogens (tertiary/aromatic N) is 1. The highest BCUT2D eigenvalue weighted by atomic mass is 35.5. The molecule has 0 amide bonds. The first-order valence-corrected chi connectivity index (χ1v) is 6.80. The van der Waals surface area contributed by atoms with E-state index >= 15 is 0 Å². The minimum atomic E-state index is -0.231. The minimum absolute atomic E-state index is 0.231.